The molecule has 2 aromatic heterocycles. The average molecular weight is 307 g/mol. The normalized spacial score (nSPS) is 13.2. The number of thiophene rings is 1. The van der Waals surface area contributed by atoms with E-state index in [2.05, 4.69) is 27.1 Å². The molecule has 0 aliphatic carbocycles. The van der Waals surface area contributed by atoms with Crippen LogP contribution in [-0.4, -0.2) is 36.1 Å². The number of aliphatic imine (C=N–C) groups is 1. The van der Waals surface area contributed by atoms with Gasteiger partial charge in [0.1, 0.15) is 11.9 Å². The van der Waals surface area contributed by atoms with Crippen LogP contribution in [0.2, 0.25) is 0 Å². The van der Waals surface area contributed by atoms with E-state index in [1.807, 2.05) is 18.9 Å². The summed E-state index contributed by atoms with van der Waals surface area (Å²) in [6, 6.07) is 5.61. The fraction of sp³-hybridized carbons (Fsp3) is 0.400. The molecule has 0 spiro atoms. The van der Waals surface area contributed by atoms with E-state index >= 15 is 0 Å². The van der Waals surface area contributed by atoms with Gasteiger partial charge >= 0.3 is 0 Å². The van der Waals surface area contributed by atoms with E-state index in [9.17, 15) is 5.11 Å². The summed E-state index contributed by atoms with van der Waals surface area (Å²) in [4.78, 5) is 6.52. The molecule has 2 aromatic rings. The van der Waals surface area contributed by atoms with Crippen LogP contribution < -0.4 is 5.32 Å². The molecule has 114 valence electrons. The molecule has 1 unspecified atom stereocenters. The van der Waals surface area contributed by atoms with Crippen LogP contribution in [0.25, 0.3) is 0 Å². The van der Waals surface area contributed by atoms with Crippen LogP contribution in [0.3, 0.4) is 0 Å². The molecule has 2 rings (SSSR count). The van der Waals surface area contributed by atoms with Crippen LogP contribution in [0.15, 0.2) is 44.6 Å². The van der Waals surface area contributed by atoms with Crippen LogP contribution in [0, 0.1) is 0 Å². The minimum atomic E-state index is -0.719. The van der Waals surface area contributed by atoms with Crippen molar-refractivity contribution in [3.05, 3.63) is 46.5 Å². The van der Waals surface area contributed by atoms with Crippen molar-refractivity contribution >= 4 is 17.3 Å². The van der Waals surface area contributed by atoms with Gasteiger partial charge in [0.25, 0.3) is 0 Å². The van der Waals surface area contributed by atoms with Crippen molar-refractivity contribution in [2.24, 2.45) is 4.99 Å². The quantitative estimate of drug-likeness (QED) is 0.636. The molecule has 2 N–H and O–H groups in total. The van der Waals surface area contributed by atoms with Gasteiger partial charge < -0.3 is 19.7 Å². The van der Waals surface area contributed by atoms with Gasteiger partial charge in [-0.1, -0.05) is 0 Å². The molecule has 0 aliphatic rings. The third-order valence-electron chi connectivity index (χ3n) is 2.98. The van der Waals surface area contributed by atoms with Crippen molar-refractivity contribution in [1.29, 1.82) is 0 Å². The minimum Gasteiger partial charge on any atom is -0.467 e. The second-order valence-electron chi connectivity index (χ2n) is 4.71. The Labute approximate surface area is 128 Å². The van der Waals surface area contributed by atoms with Crippen molar-refractivity contribution in [3.8, 4) is 0 Å². The predicted octanol–water partition coefficient (Wildman–Crippen LogP) is 2.47. The van der Waals surface area contributed by atoms with Crippen molar-refractivity contribution < 1.29 is 9.52 Å². The molecule has 0 amide bonds. The highest BCUT2D eigenvalue weighted by Gasteiger charge is 2.12. The number of aliphatic hydroxyl groups is 1. The number of nitrogens with one attached hydrogen (secondary N) is 1. The molecular formula is C15H21N3O2S. The molecule has 0 saturated carbocycles. The third kappa shape index (κ3) is 4.61. The standard InChI is InChI=1S/C15H21N3O2S/c1-3-16-15(18(2)10-12-6-8-21-11-12)17-9-13(19)14-5-4-7-20-14/h4-8,11,13,19H,3,9-10H2,1-2H3,(H,16,17). The lowest BCUT2D eigenvalue weighted by atomic mass is 10.3. The topological polar surface area (TPSA) is 61.0 Å². The van der Waals surface area contributed by atoms with E-state index in [-0.39, 0.29) is 6.54 Å². The zero-order valence-corrected chi connectivity index (χ0v) is 13.1. The van der Waals surface area contributed by atoms with Crippen molar-refractivity contribution in [1.82, 2.24) is 10.2 Å². The molecule has 0 fully saturated rings. The number of hydrogen-bond donors (Lipinski definition) is 2. The van der Waals surface area contributed by atoms with Gasteiger partial charge in [0.15, 0.2) is 5.96 Å². The van der Waals surface area contributed by atoms with Crippen LogP contribution in [0.1, 0.15) is 24.4 Å². The Morgan fingerprint density at radius 2 is 2.38 bits per heavy atom. The van der Waals surface area contributed by atoms with Gasteiger partial charge in [0.2, 0.25) is 0 Å². The Hall–Kier alpha value is -1.79. The lowest BCUT2D eigenvalue weighted by molar-refractivity contribution is 0.158. The van der Waals surface area contributed by atoms with E-state index in [1.165, 1.54) is 5.56 Å². The summed E-state index contributed by atoms with van der Waals surface area (Å²) in [5, 5.41) is 17.4. The van der Waals surface area contributed by atoms with Crippen LogP contribution in [0.4, 0.5) is 0 Å². The van der Waals surface area contributed by atoms with Gasteiger partial charge in [-0.2, -0.15) is 11.3 Å². The number of hydrogen-bond acceptors (Lipinski definition) is 4. The molecular weight excluding hydrogens is 286 g/mol. The lowest BCUT2D eigenvalue weighted by Crippen LogP contribution is -2.38. The van der Waals surface area contributed by atoms with E-state index < -0.39 is 6.10 Å². The lowest BCUT2D eigenvalue weighted by Gasteiger charge is -2.22. The molecule has 0 saturated heterocycles. The van der Waals surface area contributed by atoms with E-state index in [0.29, 0.717) is 5.76 Å². The highest BCUT2D eigenvalue weighted by molar-refractivity contribution is 7.07. The Kier molecular flexibility index (Phi) is 5.83. The molecule has 2 heterocycles. The largest absolute Gasteiger partial charge is 0.467 e. The Balaban J connectivity index is 1.98. The van der Waals surface area contributed by atoms with E-state index in [1.54, 1.807) is 29.7 Å². The fourth-order valence-electron chi connectivity index (χ4n) is 1.94. The number of rotatable bonds is 6. The highest BCUT2D eigenvalue weighted by atomic mass is 32.1. The first-order valence-electron chi connectivity index (χ1n) is 6.92. The Bertz CT molecular complexity index is 537. The highest BCUT2D eigenvalue weighted by Crippen LogP contribution is 2.13. The molecule has 5 nitrogen and oxygen atoms in total. The van der Waals surface area contributed by atoms with Gasteiger partial charge in [0, 0.05) is 20.1 Å². The summed E-state index contributed by atoms with van der Waals surface area (Å²) in [6.45, 7) is 3.86. The summed E-state index contributed by atoms with van der Waals surface area (Å²) in [5.41, 5.74) is 1.25. The maximum atomic E-state index is 10.0. The molecule has 0 bridgehead atoms. The summed E-state index contributed by atoms with van der Waals surface area (Å²) in [5.74, 6) is 1.31. The SMILES string of the molecule is CCNC(=NCC(O)c1ccco1)N(C)Cc1ccsc1. The first kappa shape index (κ1) is 15.6. The number of furan rings is 1. The van der Waals surface area contributed by atoms with Crippen molar-refractivity contribution in [2.75, 3.05) is 20.1 Å². The number of nitrogens with zero attached hydrogens (tertiary/aromatic N) is 2. The first-order chi connectivity index (χ1) is 10.2. The van der Waals surface area contributed by atoms with Gasteiger partial charge in [-0.25, -0.2) is 4.99 Å². The molecule has 0 radical (unpaired) electrons. The summed E-state index contributed by atoms with van der Waals surface area (Å²) in [6.07, 6.45) is 0.832. The third-order valence-corrected chi connectivity index (χ3v) is 3.71. The van der Waals surface area contributed by atoms with E-state index in [4.69, 9.17) is 4.42 Å². The number of aliphatic hydroxyl groups excluding tert-OH is 1. The van der Waals surface area contributed by atoms with E-state index in [0.717, 1.165) is 19.0 Å². The van der Waals surface area contributed by atoms with Gasteiger partial charge in [0.05, 0.1) is 12.8 Å². The van der Waals surface area contributed by atoms with Crippen LogP contribution in [0.5, 0.6) is 0 Å². The van der Waals surface area contributed by atoms with Crippen LogP contribution >= 0.6 is 11.3 Å². The fourth-order valence-corrected chi connectivity index (χ4v) is 2.60. The Morgan fingerprint density at radius 1 is 1.52 bits per heavy atom. The van der Waals surface area contributed by atoms with Gasteiger partial charge in [-0.15, -0.1) is 0 Å². The second kappa shape index (κ2) is 7.85. The number of guanidine groups is 1. The summed E-state index contributed by atoms with van der Waals surface area (Å²) < 4.78 is 5.18. The molecule has 0 aromatic carbocycles. The minimum absolute atomic E-state index is 0.268. The molecule has 6 heteroatoms. The van der Waals surface area contributed by atoms with Crippen molar-refractivity contribution in [3.63, 3.8) is 0 Å². The summed E-state index contributed by atoms with van der Waals surface area (Å²) >= 11 is 1.68. The monoisotopic (exact) mass is 307 g/mol. The zero-order chi connectivity index (χ0) is 15.1. The summed E-state index contributed by atoms with van der Waals surface area (Å²) in [7, 11) is 1.98. The average Bonchev–Trinajstić information content (AvgIpc) is 3.15. The molecule has 21 heavy (non-hydrogen) atoms. The maximum Gasteiger partial charge on any atom is 0.194 e. The maximum absolute atomic E-state index is 10.0. The molecule has 1 atom stereocenters. The van der Waals surface area contributed by atoms with Crippen LogP contribution in [-0.2, 0) is 6.54 Å². The Morgan fingerprint density at radius 3 is 3.00 bits per heavy atom. The molecule has 0 aliphatic heterocycles. The first-order valence-corrected chi connectivity index (χ1v) is 7.87. The van der Waals surface area contributed by atoms with Gasteiger partial charge in [-0.3, -0.25) is 0 Å². The predicted molar refractivity (Wildman–Crippen MR) is 85.4 cm³/mol. The smallest absolute Gasteiger partial charge is 0.194 e. The second-order valence-corrected chi connectivity index (χ2v) is 5.49. The van der Waals surface area contributed by atoms with Gasteiger partial charge in [-0.05, 0) is 41.4 Å². The zero-order valence-electron chi connectivity index (χ0n) is 12.3. The van der Waals surface area contributed by atoms with Crippen molar-refractivity contribution in [2.45, 2.75) is 19.6 Å².